The van der Waals surface area contributed by atoms with Crippen molar-refractivity contribution in [3.63, 3.8) is 0 Å². The summed E-state index contributed by atoms with van der Waals surface area (Å²) < 4.78 is 119. The molecule has 113 heavy (non-hydrogen) atoms. The van der Waals surface area contributed by atoms with Gasteiger partial charge in [0.05, 0.1) is 63.0 Å². The van der Waals surface area contributed by atoms with Crippen molar-refractivity contribution in [1.29, 1.82) is 5.41 Å². The van der Waals surface area contributed by atoms with E-state index in [1.807, 2.05) is 127 Å². The Hall–Kier alpha value is -8.49. The van der Waals surface area contributed by atoms with Crippen LogP contribution in [0.15, 0.2) is 212 Å². The molecule has 602 valence electrons. The molecule has 4 heterocycles. The lowest BCUT2D eigenvalue weighted by atomic mass is 9.93. The molecule has 30 heteroatoms. The van der Waals surface area contributed by atoms with Crippen molar-refractivity contribution in [2.75, 3.05) is 19.1 Å². The fourth-order valence-electron chi connectivity index (χ4n) is 13.3. The molecule has 0 aliphatic carbocycles. The minimum absolute atomic E-state index is 0.0366. The number of ether oxygens (including phenoxy) is 18. The summed E-state index contributed by atoms with van der Waals surface area (Å²) in [5.74, 6) is -6.95. The lowest BCUT2D eigenvalue weighted by Crippen LogP contribution is -2.71. The average molecular weight is 1640 g/mol. The molecular formula is C83H88Cl4N2O24. The van der Waals surface area contributed by atoms with Crippen LogP contribution in [0.5, 0.6) is 0 Å². The quantitative estimate of drug-likeness (QED) is 0.0127. The average Bonchev–Trinajstić information content (AvgIpc) is 0.758. The van der Waals surface area contributed by atoms with Gasteiger partial charge in [-0.05, 0) is 65.9 Å². The third kappa shape index (κ3) is 24.1. The molecular weight excluding hydrogens is 1550 g/mol. The highest BCUT2D eigenvalue weighted by atomic mass is 35.6. The van der Waals surface area contributed by atoms with Crippen LogP contribution in [0, 0.1) is 5.41 Å². The molecule has 4 saturated heterocycles. The zero-order valence-corrected chi connectivity index (χ0v) is 65.2. The number of esters is 5. The lowest BCUT2D eigenvalue weighted by molar-refractivity contribution is -0.392. The number of nitrogens with one attached hydrogen (secondary N) is 2. The van der Waals surface area contributed by atoms with E-state index in [9.17, 15) is 28.8 Å². The Morgan fingerprint density at radius 1 is 0.389 bits per heavy atom. The molecule has 4 aliphatic heterocycles. The maximum Gasteiger partial charge on any atom is 0.338 e. The largest absolute Gasteiger partial charge is 0.463 e. The number of hydrogen-bond donors (Lipinski definition) is 2. The second kappa shape index (κ2) is 41.7. The van der Waals surface area contributed by atoms with Gasteiger partial charge in [0.25, 0.3) is 3.79 Å². The molecule has 11 rings (SSSR count). The van der Waals surface area contributed by atoms with E-state index in [2.05, 4.69) is 5.32 Å². The number of alkyl halides is 4. The smallest absolute Gasteiger partial charge is 0.338 e. The number of rotatable bonds is 33. The summed E-state index contributed by atoms with van der Waals surface area (Å²) in [5.41, 5.74) is 3.66. The second-order valence-corrected chi connectivity index (χ2v) is 29.5. The zero-order valence-electron chi connectivity index (χ0n) is 62.2. The first-order valence-corrected chi connectivity index (χ1v) is 38.2. The van der Waals surface area contributed by atoms with Crippen LogP contribution in [0.25, 0.3) is 0 Å². The van der Waals surface area contributed by atoms with Crippen LogP contribution in [0.2, 0.25) is 0 Å². The fraction of sp³-hybridized carbons (Fsp3) is 0.410. The minimum Gasteiger partial charge on any atom is -0.463 e. The zero-order chi connectivity index (χ0) is 80.0. The molecule has 7 aromatic carbocycles. The summed E-state index contributed by atoms with van der Waals surface area (Å²) in [5, 5.41) is 11.7. The Labute approximate surface area is 673 Å². The van der Waals surface area contributed by atoms with Gasteiger partial charge in [-0.2, -0.15) is 0 Å². The van der Waals surface area contributed by atoms with Crippen molar-refractivity contribution in [2.24, 2.45) is 0 Å². The summed E-state index contributed by atoms with van der Waals surface area (Å²) in [6.07, 6.45) is -30.3. The summed E-state index contributed by atoms with van der Waals surface area (Å²) in [6, 6.07) is 59.8. The van der Waals surface area contributed by atoms with Crippen LogP contribution in [-0.2, 0) is 137 Å². The molecule has 4 aliphatic rings. The van der Waals surface area contributed by atoms with Crippen LogP contribution >= 0.6 is 46.4 Å². The Morgan fingerprint density at radius 3 is 1.23 bits per heavy atom. The van der Waals surface area contributed by atoms with E-state index in [1.165, 1.54) is 31.2 Å². The molecule has 0 radical (unpaired) electrons. The van der Waals surface area contributed by atoms with E-state index in [4.69, 9.17) is 137 Å². The highest BCUT2D eigenvalue weighted by Gasteiger charge is 2.61. The first-order valence-electron chi connectivity index (χ1n) is 36.6. The van der Waals surface area contributed by atoms with Gasteiger partial charge in [-0.15, -0.1) is 11.6 Å². The summed E-state index contributed by atoms with van der Waals surface area (Å²) >= 11 is 25.1. The van der Waals surface area contributed by atoms with Gasteiger partial charge in [0, 0.05) is 20.8 Å². The first-order chi connectivity index (χ1) is 54.6. The lowest BCUT2D eigenvalue weighted by Gasteiger charge is -2.52. The standard InChI is InChI=1S/C83H88Cl4N2O24/c1-49-65(98-43-55-29-15-7-16-30-55)71(107-63(93)41-84)74(108-76(94)59-37-23-11-24-38-59)79(102-49)112-73-70(101-46-58-35-21-10-22-36-58)67(100-45-57-33-19-9-20-34-57)61(47-96-42-54-27-13-6-14-28-54)106-81(73)110-69-64(89-51(3)90)78(105-62(48-97-52(4)91)68(69)104-53(5)92)111-72-66(99-44-56-31-17-8-18-32-56)50(2)103-80(113-82(88)83(85,86)87)75(72)109-77(95)60-39-25-12-26-40-60/h6-40,49-50,61-62,64-75,78-81,88H,41-48H2,1-5H3,(H,89,90)/t49-,50-,61+,62+,64+,65-,66-,67-,68+,69+,70-,71+,72+,73+,74+,75+,78+,79-,80-,81+/m0/s1. The summed E-state index contributed by atoms with van der Waals surface area (Å²) in [6.45, 7) is 5.26. The normalized spacial score (nSPS) is 27.7. The number of benzene rings is 7. The molecule has 0 aromatic heterocycles. The van der Waals surface area contributed by atoms with Crippen molar-refractivity contribution in [1.82, 2.24) is 5.32 Å². The molecule has 0 spiro atoms. The van der Waals surface area contributed by atoms with Crippen molar-refractivity contribution >= 4 is 88.1 Å². The van der Waals surface area contributed by atoms with Gasteiger partial charge in [0.15, 0.2) is 43.3 Å². The Morgan fingerprint density at radius 2 is 0.779 bits per heavy atom. The summed E-state index contributed by atoms with van der Waals surface area (Å²) in [7, 11) is 0. The second-order valence-electron chi connectivity index (χ2n) is 27.0. The molecule has 20 atom stereocenters. The van der Waals surface area contributed by atoms with Gasteiger partial charge in [0.2, 0.25) is 18.1 Å². The number of halogens is 4. The van der Waals surface area contributed by atoms with Crippen LogP contribution in [0.1, 0.15) is 83.2 Å². The van der Waals surface area contributed by atoms with Crippen LogP contribution < -0.4 is 5.32 Å². The van der Waals surface area contributed by atoms with E-state index >= 15 is 0 Å². The Bertz CT molecular complexity index is 4170. The summed E-state index contributed by atoms with van der Waals surface area (Å²) in [4.78, 5) is 85.1. The van der Waals surface area contributed by atoms with Crippen molar-refractivity contribution in [3.8, 4) is 0 Å². The first kappa shape index (κ1) is 85.4. The van der Waals surface area contributed by atoms with E-state index in [0.29, 0.717) is 11.1 Å². The number of hydrogen-bond acceptors (Lipinski definition) is 25. The van der Waals surface area contributed by atoms with Crippen LogP contribution in [0.3, 0.4) is 0 Å². The predicted molar refractivity (Wildman–Crippen MR) is 408 cm³/mol. The molecule has 2 N–H and O–H groups in total. The maximum atomic E-state index is 14.9. The number of carbonyl (C=O) groups excluding carboxylic acids is 6. The van der Waals surface area contributed by atoms with E-state index in [0.717, 1.165) is 30.5 Å². The molecule has 0 unspecified atom stereocenters. The van der Waals surface area contributed by atoms with Crippen molar-refractivity contribution < 1.29 is 114 Å². The third-order valence-electron chi connectivity index (χ3n) is 18.6. The topological polar surface area (TPSA) is 304 Å². The minimum atomic E-state index is -2.51. The van der Waals surface area contributed by atoms with Crippen LogP contribution in [0.4, 0.5) is 0 Å². The van der Waals surface area contributed by atoms with Gasteiger partial charge in [0.1, 0.15) is 73.5 Å². The SMILES string of the molecule is CC(=O)N[C@H]1[C@@H](O[C@@H]2[C@@H](OCc3ccccc3)[C@H](C)O[C@@H](OC(=N)C(Cl)(Cl)Cl)[C@@H]2OC(=O)c2ccccc2)O[C@H](COC(C)=O)[C@@H](OC(C)=O)[C@@H]1O[C@H]1O[C@H](COCc2ccccc2)[C@H](OCc2ccccc2)[C@H](OCc2ccccc2)[C@H]1O[C@@H]1O[C@@H](C)[C@H](OCc2ccccc2)[C@@H](OC(=O)CCl)[C@H]1OC(=O)c1ccccc1. The van der Waals surface area contributed by atoms with Crippen molar-refractivity contribution in [3.05, 3.63) is 251 Å². The Balaban J connectivity index is 1.10. The highest BCUT2D eigenvalue weighted by molar-refractivity contribution is 6.76. The maximum absolute atomic E-state index is 14.9. The number of carbonyl (C=O) groups is 6. The predicted octanol–water partition coefficient (Wildman–Crippen LogP) is 11.6. The van der Waals surface area contributed by atoms with Gasteiger partial charge in [-0.1, -0.05) is 223 Å². The van der Waals surface area contributed by atoms with Crippen molar-refractivity contribution in [2.45, 2.75) is 194 Å². The molecule has 26 nitrogen and oxygen atoms in total. The van der Waals surface area contributed by atoms with E-state index < -0.39 is 181 Å². The van der Waals surface area contributed by atoms with Gasteiger partial charge in [-0.3, -0.25) is 24.6 Å². The molecule has 0 bridgehead atoms. The van der Waals surface area contributed by atoms with Gasteiger partial charge >= 0.3 is 29.8 Å². The monoisotopic (exact) mass is 1640 g/mol. The third-order valence-corrected chi connectivity index (χ3v) is 19.3. The highest BCUT2D eigenvalue weighted by Crippen LogP contribution is 2.42. The molecule has 1 amide bonds. The molecule has 7 aromatic rings. The van der Waals surface area contributed by atoms with E-state index in [1.54, 1.807) is 74.5 Å². The van der Waals surface area contributed by atoms with Gasteiger partial charge < -0.3 is 90.6 Å². The van der Waals surface area contributed by atoms with Gasteiger partial charge in [-0.25, -0.2) is 9.59 Å². The fourth-order valence-corrected chi connectivity index (χ4v) is 13.5. The van der Waals surface area contributed by atoms with E-state index in [-0.39, 0.29) is 50.8 Å². The molecule has 0 saturated carbocycles. The number of amides is 1. The Kier molecular flexibility index (Phi) is 31.5. The van der Waals surface area contributed by atoms with Crippen LogP contribution in [-0.4, -0.2) is 187 Å². The molecule has 4 fully saturated rings.